The summed E-state index contributed by atoms with van der Waals surface area (Å²) >= 11 is 0. The Morgan fingerprint density at radius 2 is 1.85 bits per heavy atom. The minimum atomic E-state index is -4.31. The third kappa shape index (κ3) is 5.46. The number of hydrogen-bond acceptors (Lipinski definition) is 3. The van der Waals surface area contributed by atoms with Crippen LogP contribution in [0.25, 0.3) is 0 Å². The number of amides is 2. The molecule has 2 amide bonds. The van der Waals surface area contributed by atoms with Crippen LogP contribution in [0.1, 0.15) is 16.8 Å². The van der Waals surface area contributed by atoms with Gasteiger partial charge >= 0.3 is 12.2 Å². The van der Waals surface area contributed by atoms with Gasteiger partial charge in [0.05, 0.1) is 11.9 Å². The van der Waals surface area contributed by atoms with Gasteiger partial charge in [0.1, 0.15) is 0 Å². The summed E-state index contributed by atoms with van der Waals surface area (Å²) in [6, 6.07) is 5.15. The number of urea groups is 1. The zero-order chi connectivity index (χ0) is 19.3. The standard InChI is InChI=1S/C18H22F3N5O/c19-18(20,21)15-3-1-14(2-4-15)12-25-7-9-26(10-8-25)17(27)23-6-5-16-11-22-13-24-16/h1-4,11,13H,5-10,12H2,(H,22,24)(H,23,27). The molecule has 0 atom stereocenters. The molecular weight excluding hydrogens is 359 g/mol. The Morgan fingerprint density at radius 3 is 2.44 bits per heavy atom. The molecule has 146 valence electrons. The van der Waals surface area contributed by atoms with Gasteiger partial charge in [-0.05, 0) is 17.7 Å². The Hall–Kier alpha value is -2.55. The van der Waals surface area contributed by atoms with Crippen LogP contribution in [0.15, 0.2) is 36.8 Å². The lowest BCUT2D eigenvalue weighted by Crippen LogP contribution is -2.51. The number of hydrogen-bond donors (Lipinski definition) is 2. The first kappa shape index (κ1) is 19.2. The molecule has 3 rings (SSSR count). The Bertz CT molecular complexity index is 722. The van der Waals surface area contributed by atoms with Crippen LogP contribution in [0, 0.1) is 0 Å². The number of imidazole rings is 1. The molecule has 0 saturated carbocycles. The number of benzene rings is 1. The van der Waals surface area contributed by atoms with Gasteiger partial charge in [-0.15, -0.1) is 0 Å². The van der Waals surface area contributed by atoms with Crippen molar-refractivity contribution in [2.75, 3.05) is 32.7 Å². The highest BCUT2D eigenvalue weighted by atomic mass is 19.4. The molecule has 9 heteroatoms. The number of H-pyrrole nitrogens is 1. The van der Waals surface area contributed by atoms with E-state index in [9.17, 15) is 18.0 Å². The van der Waals surface area contributed by atoms with E-state index in [1.54, 1.807) is 17.4 Å². The lowest BCUT2D eigenvalue weighted by Gasteiger charge is -2.34. The fourth-order valence-electron chi connectivity index (χ4n) is 3.00. The van der Waals surface area contributed by atoms with Crippen LogP contribution < -0.4 is 5.32 Å². The molecule has 0 radical (unpaired) electrons. The molecule has 1 saturated heterocycles. The number of nitrogens with zero attached hydrogens (tertiary/aromatic N) is 3. The van der Waals surface area contributed by atoms with E-state index in [0.717, 1.165) is 23.4 Å². The predicted octanol–water partition coefficient (Wildman–Crippen LogP) is 2.50. The first-order valence-corrected chi connectivity index (χ1v) is 8.80. The highest BCUT2D eigenvalue weighted by Gasteiger charge is 2.30. The SMILES string of the molecule is O=C(NCCc1cnc[nH]1)N1CCN(Cc2ccc(C(F)(F)F)cc2)CC1. The number of alkyl halides is 3. The average Bonchev–Trinajstić information content (AvgIpc) is 3.15. The molecule has 27 heavy (non-hydrogen) atoms. The van der Waals surface area contributed by atoms with Crippen LogP contribution in [0.4, 0.5) is 18.0 Å². The number of rotatable bonds is 5. The van der Waals surface area contributed by atoms with E-state index >= 15 is 0 Å². The van der Waals surface area contributed by atoms with E-state index in [0.29, 0.717) is 45.7 Å². The normalized spacial score (nSPS) is 15.7. The first-order valence-electron chi connectivity index (χ1n) is 8.80. The van der Waals surface area contributed by atoms with Crippen molar-refractivity contribution in [3.63, 3.8) is 0 Å². The zero-order valence-electron chi connectivity index (χ0n) is 14.8. The van der Waals surface area contributed by atoms with Gasteiger partial charge in [0.2, 0.25) is 0 Å². The largest absolute Gasteiger partial charge is 0.416 e. The summed E-state index contributed by atoms with van der Waals surface area (Å²) in [4.78, 5) is 23.0. The molecule has 1 fully saturated rings. The summed E-state index contributed by atoms with van der Waals surface area (Å²) in [5.41, 5.74) is 1.17. The summed E-state index contributed by atoms with van der Waals surface area (Å²) in [5.74, 6) is 0. The summed E-state index contributed by atoms with van der Waals surface area (Å²) in [6.07, 6.45) is -0.284. The summed E-state index contributed by atoms with van der Waals surface area (Å²) in [5, 5.41) is 2.89. The lowest BCUT2D eigenvalue weighted by atomic mass is 10.1. The van der Waals surface area contributed by atoms with Crippen LogP contribution >= 0.6 is 0 Å². The highest BCUT2D eigenvalue weighted by molar-refractivity contribution is 5.74. The van der Waals surface area contributed by atoms with Crippen molar-refractivity contribution in [3.05, 3.63) is 53.6 Å². The fraction of sp³-hybridized carbons (Fsp3) is 0.444. The number of carbonyl (C=O) groups excluding carboxylic acids is 1. The summed E-state index contributed by atoms with van der Waals surface area (Å²) in [7, 11) is 0. The van der Waals surface area contributed by atoms with Crippen molar-refractivity contribution >= 4 is 6.03 Å². The van der Waals surface area contributed by atoms with E-state index in [4.69, 9.17) is 0 Å². The van der Waals surface area contributed by atoms with Crippen LogP contribution in [0.2, 0.25) is 0 Å². The third-order valence-electron chi connectivity index (χ3n) is 4.57. The van der Waals surface area contributed by atoms with Crippen molar-refractivity contribution in [3.8, 4) is 0 Å². The maximum Gasteiger partial charge on any atom is 0.416 e. The Balaban J connectivity index is 1.40. The maximum absolute atomic E-state index is 12.6. The van der Waals surface area contributed by atoms with Gasteiger partial charge in [0.15, 0.2) is 0 Å². The summed E-state index contributed by atoms with van der Waals surface area (Å²) < 4.78 is 37.8. The predicted molar refractivity (Wildman–Crippen MR) is 94.0 cm³/mol. The van der Waals surface area contributed by atoms with Gasteiger partial charge in [0.25, 0.3) is 0 Å². The number of aromatic nitrogens is 2. The van der Waals surface area contributed by atoms with Crippen molar-refractivity contribution in [2.45, 2.75) is 19.1 Å². The molecule has 1 aromatic carbocycles. The second kappa shape index (κ2) is 8.43. The number of carbonyl (C=O) groups is 1. The number of halogens is 3. The molecule has 6 nitrogen and oxygen atoms in total. The molecule has 0 bridgehead atoms. The Labute approximate surface area is 155 Å². The van der Waals surface area contributed by atoms with Crippen molar-refractivity contribution in [1.29, 1.82) is 0 Å². The van der Waals surface area contributed by atoms with Crippen molar-refractivity contribution in [2.24, 2.45) is 0 Å². The molecule has 2 heterocycles. The average molecular weight is 381 g/mol. The number of nitrogens with one attached hydrogen (secondary N) is 2. The van der Waals surface area contributed by atoms with E-state index in [1.807, 2.05) is 0 Å². The third-order valence-corrected chi connectivity index (χ3v) is 4.57. The van der Waals surface area contributed by atoms with Crippen LogP contribution in [-0.2, 0) is 19.1 Å². The molecule has 0 aliphatic carbocycles. The van der Waals surface area contributed by atoms with Crippen LogP contribution in [0.5, 0.6) is 0 Å². The fourth-order valence-corrected chi connectivity index (χ4v) is 3.00. The maximum atomic E-state index is 12.6. The van der Waals surface area contributed by atoms with Gasteiger partial charge in [-0.1, -0.05) is 12.1 Å². The number of piperazine rings is 1. The monoisotopic (exact) mass is 381 g/mol. The van der Waals surface area contributed by atoms with Gasteiger partial charge in [-0.25, -0.2) is 9.78 Å². The van der Waals surface area contributed by atoms with Crippen molar-refractivity contribution < 1.29 is 18.0 Å². The molecule has 2 aromatic rings. The summed E-state index contributed by atoms with van der Waals surface area (Å²) in [6.45, 7) is 3.68. The number of aromatic amines is 1. The molecule has 1 aliphatic heterocycles. The minimum absolute atomic E-state index is 0.0938. The van der Waals surface area contributed by atoms with Gasteiger partial charge in [0, 0.05) is 57.6 Å². The molecule has 1 aliphatic rings. The van der Waals surface area contributed by atoms with Crippen LogP contribution in [0.3, 0.4) is 0 Å². The van der Waals surface area contributed by atoms with E-state index in [1.165, 1.54) is 12.1 Å². The van der Waals surface area contributed by atoms with E-state index in [-0.39, 0.29) is 6.03 Å². The minimum Gasteiger partial charge on any atom is -0.348 e. The highest BCUT2D eigenvalue weighted by Crippen LogP contribution is 2.29. The van der Waals surface area contributed by atoms with Gasteiger partial charge < -0.3 is 15.2 Å². The van der Waals surface area contributed by atoms with Gasteiger partial charge in [-0.3, -0.25) is 4.90 Å². The molecule has 0 unspecified atom stereocenters. The second-order valence-electron chi connectivity index (χ2n) is 6.52. The molecule has 0 spiro atoms. The molecule has 1 aromatic heterocycles. The van der Waals surface area contributed by atoms with Gasteiger partial charge in [-0.2, -0.15) is 13.2 Å². The Kier molecular flexibility index (Phi) is 6.00. The topological polar surface area (TPSA) is 64.3 Å². The zero-order valence-corrected chi connectivity index (χ0v) is 14.8. The van der Waals surface area contributed by atoms with E-state index < -0.39 is 11.7 Å². The van der Waals surface area contributed by atoms with E-state index in [2.05, 4.69) is 20.2 Å². The smallest absolute Gasteiger partial charge is 0.348 e. The van der Waals surface area contributed by atoms with Crippen LogP contribution in [-0.4, -0.2) is 58.5 Å². The quantitative estimate of drug-likeness (QED) is 0.837. The van der Waals surface area contributed by atoms with Crippen molar-refractivity contribution in [1.82, 2.24) is 25.1 Å². The second-order valence-corrected chi connectivity index (χ2v) is 6.52. The molecular formula is C18H22F3N5O. The lowest BCUT2D eigenvalue weighted by molar-refractivity contribution is -0.137. The molecule has 2 N–H and O–H groups in total. The Morgan fingerprint density at radius 1 is 1.15 bits per heavy atom. The first-order chi connectivity index (χ1) is 12.9.